The molecule has 0 aromatic heterocycles. The molecule has 0 aliphatic carbocycles. The monoisotopic (exact) mass is 353 g/mol. The van der Waals surface area contributed by atoms with Gasteiger partial charge in [-0.3, -0.25) is 24.1 Å². The highest BCUT2D eigenvalue weighted by Crippen LogP contribution is 2.32. The van der Waals surface area contributed by atoms with Gasteiger partial charge in [-0.25, -0.2) is 5.06 Å². The van der Waals surface area contributed by atoms with Crippen molar-refractivity contribution in [3.8, 4) is 0 Å². The van der Waals surface area contributed by atoms with Gasteiger partial charge in [0.2, 0.25) is 0 Å². The zero-order valence-electron chi connectivity index (χ0n) is 15.5. The van der Waals surface area contributed by atoms with Crippen molar-refractivity contribution in [2.24, 2.45) is 5.92 Å². The number of nitrogens with one attached hydrogen (secondary N) is 1. The fourth-order valence-electron chi connectivity index (χ4n) is 3.66. The number of nitrogens with zero attached hydrogens (tertiary/aromatic N) is 2. The molecular formula is C17H27N3O5. The first kappa shape index (κ1) is 19.6. The lowest BCUT2D eigenvalue weighted by atomic mass is 9.86. The molecule has 2 aliphatic heterocycles. The Morgan fingerprint density at radius 2 is 1.88 bits per heavy atom. The molecule has 2 heterocycles. The van der Waals surface area contributed by atoms with E-state index >= 15 is 0 Å². The summed E-state index contributed by atoms with van der Waals surface area (Å²) >= 11 is 0. The number of carbonyl (C=O) groups is 3. The first-order chi connectivity index (χ1) is 11.5. The van der Waals surface area contributed by atoms with Gasteiger partial charge in [-0.05, 0) is 34.6 Å². The van der Waals surface area contributed by atoms with Crippen molar-refractivity contribution < 1.29 is 24.3 Å². The van der Waals surface area contributed by atoms with E-state index in [2.05, 4.69) is 0 Å². The van der Waals surface area contributed by atoms with Crippen molar-refractivity contribution in [3.05, 3.63) is 17.4 Å². The third-order valence-electron chi connectivity index (χ3n) is 5.08. The van der Waals surface area contributed by atoms with Crippen molar-refractivity contribution in [3.63, 3.8) is 0 Å². The highest BCUT2D eigenvalue weighted by Gasteiger charge is 2.55. The largest absolute Gasteiger partial charge is 0.634 e. The van der Waals surface area contributed by atoms with Crippen LogP contribution in [0.4, 0.5) is 0 Å². The molecule has 0 saturated carbocycles. The molecule has 140 valence electrons. The third-order valence-corrected chi connectivity index (χ3v) is 5.08. The van der Waals surface area contributed by atoms with Crippen LogP contribution in [0.5, 0.6) is 0 Å². The van der Waals surface area contributed by atoms with Crippen molar-refractivity contribution in [2.75, 3.05) is 19.7 Å². The predicted molar refractivity (Wildman–Crippen MR) is 89.8 cm³/mol. The molecule has 0 aromatic rings. The summed E-state index contributed by atoms with van der Waals surface area (Å²) in [4.78, 5) is 42.5. The molecule has 0 radical (unpaired) electrons. The Morgan fingerprint density at radius 3 is 2.32 bits per heavy atom. The maximum absolute atomic E-state index is 12.9. The zero-order chi connectivity index (χ0) is 19.0. The molecule has 0 aromatic carbocycles. The van der Waals surface area contributed by atoms with Crippen LogP contribution < -0.4 is 5.06 Å². The van der Waals surface area contributed by atoms with Crippen LogP contribution in [0.2, 0.25) is 0 Å². The van der Waals surface area contributed by atoms with E-state index in [1.165, 1.54) is 17.2 Å². The van der Waals surface area contributed by atoms with E-state index < -0.39 is 17.0 Å². The number of carbonyl (C=O) groups excluding carboxylic acids is 3. The first-order valence-electron chi connectivity index (χ1n) is 8.55. The van der Waals surface area contributed by atoms with Gasteiger partial charge in [0.1, 0.15) is 11.5 Å². The molecule has 2 aliphatic rings. The Hall–Kier alpha value is -1.77. The van der Waals surface area contributed by atoms with E-state index in [0.717, 1.165) is 4.90 Å². The Kier molecular flexibility index (Phi) is 5.36. The summed E-state index contributed by atoms with van der Waals surface area (Å²) in [6, 6.07) is 0. The molecule has 0 bridgehead atoms. The average Bonchev–Trinajstić information content (AvgIpc) is 2.94. The molecule has 8 heteroatoms. The number of hydroxylamine groups is 4. The van der Waals surface area contributed by atoms with E-state index in [4.69, 9.17) is 4.84 Å². The molecule has 3 amide bonds. The van der Waals surface area contributed by atoms with Crippen molar-refractivity contribution >= 4 is 17.7 Å². The van der Waals surface area contributed by atoms with Gasteiger partial charge in [-0.2, -0.15) is 0 Å². The van der Waals surface area contributed by atoms with E-state index in [0.29, 0.717) is 13.0 Å². The van der Waals surface area contributed by atoms with E-state index in [1.807, 2.05) is 13.8 Å². The standard InChI is InChI=1S/C17H27N3O5/c1-6-19(25-10-9-18-13(21)7-8-14(18)22)15(23)12-11-16(2,3)20(24)17(12,4)5/h7-8,12,20H,6,9-11H2,1-5H3. The molecule has 2 atom stereocenters. The SMILES string of the molecule is CCN(OCCN1C(=O)C=CC1=O)C(=O)C1CC(C)(C)[NH+]([O-])C1(C)C. The summed E-state index contributed by atoms with van der Waals surface area (Å²) in [7, 11) is 0. The van der Waals surface area contributed by atoms with Crippen LogP contribution in [0.1, 0.15) is 41.0 Å². The van der Waals surface area contributed by atoms with Crippen molar-refractivity contribution in [1.82, 2.24) is 9.96 Å². The normalized spacial score (nSPS) is 27.2. The summed E-state index contributed by atoms with van der Waals surface area (Å²) < 4.78 is 0. The van der Waals surface area contributed by atoms with Gasteiger partial charge in [0.05, 0.1) is 18.7 Å². The fourth-order valence-corrected chi connectivity index (χ4v) is 3.66. The average molecular weight is 353 g/mol. The topological polar surface area (TPSA) is 94.4 Å². The minimum atomic E-state index is -0.748. The van der Waals surface area contributed by atoms with E-state index in [1.54, 1.807) is 20.8 Å². The highest BCUT2D eigenvalue weighted by molar-refractivity contribution is 6.12. The first-order valence-corrected chi connectivity index (χ1v) is 8.55. The summed E-state index contributed by atoms with van der Waals surface area (Å²) in [5.41, 5.74) is -1.29. The van der Waals surface area contributed by atoms with Crippen molar-refractivity contribution in [1.29, 1.82) is 0 Å². The predicted octanol–water partition coefficient (Wildman–Crippen LogP) is -0.349. The Bertz CT molecular complexity index is 581. The highest BCUT2D eigenvalue weighted by atomic mass is 16.7. The van der Waals surface area contributed by atoms with Crippen molar-refractivity contribution in [2.45, 2.75) is 52.1 Å². The molecule has 25 heavy (non-hydrogen) atoms. The molecule has 1 N–H and O–H groups in total. The second kappa shape index (κ2) is 6.86. The molecule has 1 saturated heterocycles. The number of rotatable bonds is 6. The second-order valence-corrected chi connectivity index (χ2v) is 7.72. The molecule has 2 unspecified atom stereocenters. The lowest BCUT2D eigenvalue weighted by Crippen LogP contribution is -3.19. The number of hydrogen-bond donors (Lipinski definition) is 1. The minimum absolute atomic E-state index is 0.0310. The maximum atomic E-state index is 12.9. The van der Waals surface area contributed by atoms with Gasteiger partial charge < -0.3 is 10.3 Å². The molecule has 8 nitrogen and oxygen atoms in total. The lowest BCUT2D eigenvalue weighted by molar-refractivity contribution is -0.933. The van der Waals surface area contributed by atoms with Crippen LogP contribution >= 0.6 is 0 Å². The van der Waals surface area contributed by atoms with Gasteiger partial charge in [-0.15, -0.1) is 0 Å². The lowest BCUT2D eigenvalue weighted by Gasteiger charge is -2.41. The Balaban J connectivity index is 1.97. The zero-order valence-corrected chi connectivity index (χ0v) is 15.5. The smallest absolute Gasteiger partial charge is 0.255 e. The molecular weight excluding hydrogens is 326 g/mol. The fraction of sp³-hybridized carbons (Fsp3) is 0.706. The summed E-state index contributed by atoms with van der Waals surface area (Å²) in [6.45, 7) is 9.52. The Morgan fingerprint density at radius 1 is 1.32 bits per heavy atom. The molecule has 2 rings (SSSR count). The van der Waals surface area contributed by atoms with Crippen LogP contribution in [0.3, 0.4) is 0 Å². The maximum Gasteiger partial charge on any atom is 0.255 e. The number of quaternary nitrogens is 1. The van der Waals surface area contributed by atoms with E-state index in [-0.39, 0.29) is 35.9 Å². The van der Waals surface area contributed by atoms with Crippen LogP contribution in [0.15, 0.2) is 12.2 Å². The molecule has 1 fully saturated rings. The van der Waals surface area contributed by atoms with E-state index in [9.17, 15) is 19.6 Å². The van der Waals surface area contributed by atoms with Gasteiger partial charge in [-0.1, -0.05) is 0 Å². The Labute approximate surface area is 147 Å². The van der Waals surface area contributed by atoms with Crippen LogP contribution in [-0.4, -0.2) is 58.5 Å². The van der Waals surface area contributed by atoms with Gasteiger partial charge in [0.25, 0.3) is 17.7 Å². The van der Waals surface area contributed by atoms with Crippen LogP contribution in [0.25, 0.3) is 0 Å². The third kappa shape index (κ3) is 3.61. The number of imide groups is 1. The minimum Gasteiger partial charge on any atom is -0.634 e. The summed E-state index contributed by atoms with van der Waals surface area (Å²) in [6.07, 6.45) is 2.89. The summed E-state index contributed by atoms with van der Waals surface area (Å²) in [5, 5.41) is 13.8. The van der Waals surface area contributed by atoms with Gasteiger partial charge >= 0.3 is 0 Å². The van der Waals surface area contributed by atoms with Gasteiger partial charge in [0.15, 0.2) is 0 Å². The second-order valence-electron chi connectivity index (χ2n) is 7.72. The summed E-state index contributed by atoms with van der Waals surface area (Å²) in [5.74, 6) is -1.45. The quantitative estimate of drug-likeness (QED) is 0.400. The van der Waals surface area contributed by atoms with Crippen LogP contribution in [-0.2, 0) is 19.2 Å². The van der Waals surface area contributed by atoms with Gasteiger partial charge in [0, 0.05) is 25.1 Å². The molecule has 0 spiro atoms. The van der Waals surface area contributed by atoms with Crippen LogP contribution in [0, 0.1) is 11.1 Å². The number of hydrogen-bond acceptors (Lipinski definition) is 5. The number of amides is 3.